The van der Waals surface area contributed by atoms with Crippen molar-refractivity contribution in [2.45, 2.75) is 57.4 Å². The van der Waals surface area contributed by atoms with Crippen LogP contribution in [-0.4, -0.2) is 25.3 Å². The largest absolute Gasteiger partial charge is 0.243 e. The van der Waals surface area contributed by atoms with Crippen LogP contribution >= 0.6 is 0 Å². The van der Waals surface area contributed by atoms with Gasteiger partial charge in [-0.25, -0.2) is 8.42 Å². The number of benzene rings is 1. The van der Waals surface area contributed by atoms with Crippen molar-refractivity contribution in [1.82, 2.24) is 4.31 Å². The summed E-state index contributed by atoms with van der Waals surface area (Å²) < 4.78 is 27.3. The standard InChI is InChI=1S/C17H25NO2S/c1-4-15(5-2)13-16-7-6-12-18(16)21(19,20)17-10-8-14(3)9-11-17/h8-11,13,16H,4-7,12H2,1-3H3/t16-/m0/s1. The average molecular weight is 307 g/mol. The fraction of sp³-hybridized carbons (Fsp3) is 0.529. The molecule has 1 aliphatic heterocycles. The number of nitrogens with zero attached hydrogens (tertiary/aromatic N) is 1. The maximum Gasteiger partial charge on any atom is 0.243 e. The van der Waals surface area contributed by atoms with Gasteiger partial charge < -0.3 is 0 Å². The maximum absolute atomic E-state index is 12.8. The summed E-state index contributed by atoms with van der Waals surface area (Å²) in [6.45, 7) is 6.84. The van der Waals surface area contributed by atoms with E-state index in [0.29, 0.717) is 11.4 Å². The Balaban J connectivity index is 2.30. The van der Waals surface area contributed by atoms with Crippen LogP contribution in [0.15, 0.2) is 40.8 Å². The van der Waals surface area contributed by atoms with Crippen LogP contribution in [-0.2, 0) is 10.0 Å². The third-order valence-electron chi connectivity index (χ3n) is 4.21. The highest BCUT2D eigenvalue weighted by Crippen LogP contribution is 2.28. The molecule has 1 aromatic rings. The summed E-state index contributed by atoms with van der Waals surface area (Å²) in [5.41, 5.74) is 2.41. The number of rotatable bonds is 5. The fourth-order valence-corrected chi connectivity index (χ4v) is 4.48. The Bertz CT molecular complexity index is 596. The van der Waals surface area contributed by atoms with Crippen molar-refractivity contribution in [2.75, 3.05) is 6.54 Å². The summed E-state index contributed by atoms with van der Waals surface area (Å²) in [6.07, 6.45) is 6.01. The molecule has 3 nitrogen and oxygen atoms in total. The van der Waals surface area contributed by atoms with Crippen molar-refractivity contribution in [3.8, 4) is 0 Å². The van der Waals surface area contributed by atoms with Gasteiger partial charge in [-0.05, 0) is 44.7 Å². The van der Waals surface area contributed by atoms with E-state index in [1.54, 1.807) is 16.4 Å². The van der Waals surface area contributed by atoms with Gasteiger partial charge in [-0.2, -0.15) is 4.31 Å². The first-order valence-corrected chi connectivity index (χ1v) is 9.21. The quantitative estimate of drug-likeness (QED) is 0.774. The highest BCUT2D eigenvalue weighted by Gasteiger charge is 2.34. The van der Waals surface area contributed by atoms with Crippen LogP contribution in [0.3, 0.4) is 0 Å². The van der Waals surface area contributed by atoms with Gasteiger partial charge in [0.1, 0.15) is 0 Å². The lowest BCUT2D eigenvalue weighted by Gasteiger charge is -2.22. The SMILES string of the molecule is CCC(=C[C@@H]1CCCN1S(=O)(=O)c1ccc(C)cc1)CC. The van der Waals surface area contributed by atoms with Crippen LogP contribution in [0.25, 0.3) is 0 Å². The van der Waals surface area contributed by atoms with Gasteiger partial charge in [-0.1, -0.05) is 43.2 Å². The Labute approximate surface area is 128 Å². The molecule has 0 N–H and O–H groups in total. The third-order valence-corrected chi connectivity index (χ3v) is 6.15. The number of hydrogen-bond acceptors (Lipinski definition) is 2. The van der Waals surface area contributed by atoms with E-state index in [-0.39, 0.29) is 6.04 Å². The fourth-order valence-electron chi connectivity index (χ4n) is 2.83. The number of aryl methyl sites for hydroxylation is 1. The Morgan fingerprint density at radius 1 is 1.24 bits per heavy atom. The molecular weight excluding hydrogens is 282 g/mol. The molecule has 1 aromatic carbocycles. The third kappa shape index (κ3) is 3.55. The molecular formula is C17H25NO2S. The molecule has 1 atom stereocenters. The van der Waals surface area contributed by atoms with Crippen LogP contribution in [0.2, 0.25) is 0 Å². The molecule has 21 heavy (non-hydrogen) atoms. The lowest BCUT2D eigenvalue weighted by atomic mass is 10.1. The molecule has 0 radical (unpaired) electrons. The molecule has 0 amide bonds. The second-order valence-electron chi connectivity index (χ2n) is 5.67. The van der Waals surface area contributed by atoms with Crippen molar-refractivity contribution in [1.29, 1.82) is 0 Å². The van der Waals surface area contributed by atoms with E-state index in [2.05, 4.69) is 19.9 Å². The van der Waals surface area contributed by atoms with Gasteiger partial charge in [0.2, 0.25) is 10.0 Å². The van der Waals surface area contributed by atoms with Crippen LogP contribution < -0.4 is 0 Å². The predicted octanol–water partition coefficient (Wildman–Crippen LogP) is 3.89. The van der Waals surface area contributed by atoms with Gasteiger partial charge in [0.25, 0.3) is 0 Å². The minimum absolute atomic E-state index is 0.0196. The Morgan fingerprint density at radius 2 is 1.86 bits per heavy atom. The van der Waals surface area contributed by atoms with E-state index >= 15 is 0 Å². The molecule has 0 aromatic heterocycles. The van der Waals surface area contributed by atoms with Gasteiger partial charge in [0, 0.05) is 12.6 Å². The van der Waals surface area contributed by atoms with E-state index in [9.17, 15) is 8.42 Å². The zero-order chi connectivity index (χ0) is 15.5. The van der Waals surface area contributed by atoms with Crippen molar-refractivity contribution in [2.24, 2.45) is 0 Å². The number of hydrogen-bond donors (Lipinski definition) is 0. The van der Waals surface area contributed by atoms with Crippen LogP contribution in [0.4, 0.5) is 0 Å². The molecule has 0 spiro atoms. The molecule has 116 valence electrons. The molecule has 1 saturated heterocycles. The van der Waals surface area contributed by atoms with Crippen LogP contribution in [0.5, 0.6) is 0 Å². The molecule has 2 rings (SSSR count). The first-order chi connectivity index (χ1) is 9.98. The predicted molar refractivity (Wildman–Crippen MR) is 86.8 cm³/mol. The van der Waals surface area contributed by atoms with E-state index < -0.39 is 10.0 Å². The first kappa shape index (κ1) is 16.2. The molecule has 0 bridgehead atoms. The van der Waals surface area contributed by atoms with Crippen LogP contribution in [0, 0.1) is 6.92 Å². The zero-order valence-corrected chi connectivity index (χ0v) is 14.0. The summed E-state index contributed by atoms with van der Waals surface area (Å²) in [5, 5.41) is 0. The van der Waals surface area contributed by atoms with E-state index in [4.69, 9.17) is 0 Å². The van der Waals surface area contributed by atoms with Gasteiger partial charge in [0.05, 0.1) is 4.90 Å². The molecule has 4 heteroatoms. The summed E-state index contributed by atoms with van der Waals surface area (Å²) in [7, 11) is -3.38. The van der Waals surface area contributed by atoms with Crippen molar-refractivity contribution in [3.05, 3.63) is 41.5 Å². The molecule has 1 aliphatic rings. The van der Waals surface area contributed by atoms with Crippen molar-refractivity contribution in [3.63, 3.8) is 0 Å². The van der Waals surface area contributed by atoms with Gasteiger partial charge in [0.15, 0.2) is 0 Å². The molecule has 0 saturated carbocycles. The monoisotopic (exact) mass is 307 g/mol. The van der Waals surface area contributed by atoms with E-state index in [1.807, 2.05) is 19.1 Å². The van der Waals surface area contributed by atoms with E-state index in [1.165, 1.54) is 5.57 Å². The second kappa shape index (κ2) is 6.75. The molecule has 0 aliphatic carbocycles. The molecule has 1 fully saturated rings. The summed E-state index contributed by atoms with van der Waals surface area (Å²) in [4.78, 5) is 0.406. The van der Waals surface area contributed by atoms with E-state index in [0.717, 1.165) is 31.2 Å². The molecule has 0 unspecified atom stereocenters. The highest BCUT2D eigenvalue weighted by atomic mass is 32.2. The topological polar surface area (TPSA) is 37.4 Å². The van der Waals surface area contributed by atoms with Gasteiger partial charge in [-0.15, -0.1) is 0 Å². The first-order valence-electron chi connectivity index (χ1n) is 7.77. The average Bonchev–Trinajstić information content (AvgIpc) is 2.94. The summed E-state index contributed by atoms with van der Waals surface area (Å²) in [5.74, 6) is 0. The van der Waals surface area contributed by atoms with Gasteiger partial charge in [-0.3, -0.25) is 0 Å². The van der Waals surface area contributed by atoms with Gasteiger partial charge >= 0.3 is 0 Å². The summed E-state index contributed by atoms with van der Waals surface area (Å²) in [6, 6.07) is 7.16. The molecule has 1 heterocycles. The Hall–Kier alpha value is -1.13. The number of allylic oxidation sites excluding steroid dienone is 1. The maximum atomic E-state index is 12.8. The lowest BCUT2D eigenvalue weighted by molar-refractivity contribution is 0.430. The summed E-state index contributed by atoms with van der Waals surface area (Å²) >= 11 is 0. The van der Waals surface area contributed by atoms with Crippen molar-refractivity contribution >= 4 is 10.0 Å². The van der Waals surface area contributed by atoms with Crippen LogP contribution in [0.1, 0.15) is 45.1 Å². The minimum atomic E-state index is -3.38. The zero-order valence-electron chi connectivity index (χ0n) is 13.2. The Morgan fingerprint density at radius 3 is 2.43 bits per heavy atom. The normalized spacial score (nSPS) is 19.7. The Kier molecular flexibility index (Phi) is 5.22. The highest BCUT2D eigenvalue weighted by molar-refractivity contribution is 7.89. The van der Waals surface area contributed by atoms with Crippen molar-refractivity contribution < 1.29 is 8.42 Å². The minimum Gasteiger partial charge on any atom is -0.207 e. The smallest absolute Gasteiger partial charge is 0.207 e. The lowest BCUT2D eigenvalue weighted by Crippen LogP contribution is -2.34. The second-order valence-corrected chi connectivity index (χ2v) is 7.56. The number of sulfonamides is 1.